The molecule has 1 atom stereocenters. The third-order valence-electron chi connectivity index (χ3n) is 4.95. The first-order chi connectivity index (χ1) is 12.7. The molecule has 0 radical (unpaired) electrons. The summed E-state index contributed by atoms with van der Waals surface area (Å²) in [7, 11) is 1.63. The van der Waals surface area contributed by atoms with Gasteiger partial charge in [-0.1, -0.05) is 0 Å². The minimum atomic E-state index is -1.02. The van der Waals surface area contributed by atoms with Crippen LogP contribution in [-0.4, -0.2) is 12.2 Å². The van der Waals surface area contributed by atoms with Gasteiger partial charge in [-0.05, 0) is 73.2 Å². The van der Waals surface area contributed by atoms with E-state index in [9.17, 15) is 5.11 Å². The van der Waals surface area contributed by atoms with Gasteiger partial charge in [-0.15, -0.1) is 0 Å². The van der Waals surface area contributed by atoms with Gasteiger partial charge in [0.1, 0.15) is 5.75 Å². The molecule has 27 heavy (non-hydrogen) atoms. The molecule has 1 heterocycles. The second-order valence-electron chi connectivity index (χ2n) is 7.52. The molecule has 1 aliphatic heterocycles. The van der Waals surface area contributed by atoms with Gasteiger partial charge in [0.15, 0.2) is 11.5 Å². The fourth-order valence-electron chi connectivity index (χ4n) is 3.47. The van der Waals surface area contributed by atoms with E-state index in [-0.39, 0.29) is 0 Å². The van der Waals surface area contributed by atoms with Gasteiger partial charge in [-0.25, -0.2) is 0 Å². The quantitative estimate of drug-likeness (QED) is 0.677. The predicted octanol–water partition coefficient (Wildman–Crippen LogP) is 4.30. The lowest BCUT2D eigenvalue weighted by molar-refractivity contribution is -0.0680. The standard InChI is InChI=1S/C22H23NO4/c1-21(2,24)17-9-13-11-19-20(12-14(13)10-18(17)23)27-22(3,26-19)15-5-7-16(25-4)8-6-15/h5-12,24H,23H2,1-4H3. The number of hydrogen-bond donors (Lipinski definition) is 2. The number of hydrogen-bond acceptors (Lipinski definition) is 5. The SMILES string of the molecule is COc1ccc(C2(C)Oc3cc4cc(N)c(C(C)(C)O)cc4cc3O2)cc1. The van der Waals surface area contributed by atoms with Crippen molar-refractivity contribution in [1.29, 1.82) is 0 Å². The van der Waals surface area contributed by atoms with Gasteiger partial charge >= 0.3 is 0 Å². The minimum Gasteiger partial charge on any atom is -0.497 e. The van der Waals surface area contributed by atoms with E-state index in [1.54, 1.807) is 21.0 Å². The zero-order valence-electron chi connectivity index (χ0n) is 15.9. The zero-order valence-corrected chi connectivity index (χ0v) is 15.9. The van der Waals surface area contributed by atoms with Crippen molar-refractivity contribution in [2.75, 3.05) is 12.8 Å². The monoisotopic (exact) mass is 365 g/mol. The summed E-state index contributed by atoms with van der Waals surface area (Å²) < 4.78 is 17.5. The maximum atomic E-state index is 10.4. The van der Waals surface area contributed by atoms with E-state index in [0.717, 1.165) is 22.1 Å². The summed E-state index contributed by atoms with van der Waals surface area (Å²) in [5.74, 6) is 1.18. The molecule has 0 spiro atoms. The van der Waals surface area contributed by atoms with Crippen LogP contribution in [-0.2, 0) is 11.4 Å². The van der Waals surface area contributed by atoms with Crippen molar-refractivity contribution in [3.63, 3.8) is 0 Å². The van der Waals surface area contributed by atoms with Crippen LogP contribution >= 0.6 is 0 Å². The Kier molecular flexibility index (Phi) is 3.75. The smallest absolute Gasteiger partial charge is 0.275 e. The zero-order chi connectivity index (χ0) is 19.4. The Morgan fingerprint density at radius 1 is 0.963 bits per heavy atom. The number of aliphatic hydroxyl groups is 1. The van der Waals surface area contributed by atoms with E-state index >= 15 is 0 Å². The van der Waals surface area contributed by atoms with Gasteiger partial charge in [0.25, 0.3) is 5.79 Å². The fourth-order valence-corrected chi connectivity index (χ4v) is 3.47. The van der Waals surface area contributed by atoms with Crippen molar-refractivity contribution in [3.05, 3.63) is 59.7 Å². The number of methoxy groups -OCH3 is 1. The van der Waals surface area contributed by atoms with Crippen molar-refractivity contribution in [3.8, 4) is 17.2 Å². The van der Waals surface area contributed by atoms with E-state index in [4.69, 9.17) is 19.9 Å². The lowest BCUT2D eigenvalue weighted by Gasteiger charge is -2.23. The molecule has 0 fully saturated rings. The topological polar surface area (TPSA) is 73.9 Å². The molecule has 1 aliphatic rings. The Hall–Kier alpha value is -2.92. The Morgan fingerprint density at radius 3 is 2.04 bits per heavy atom. The van der Waals surface area contributed by atoms with E-state index in [2.05, 4.69) is 0 Å². The molecule has 0 saturated heterocycles. The van der Waals surface area contributed by atoms with Crippen LogP contribution in [0.2, 0.25) is 0 Å². The highest BCUT2D eigenvalue weighted by Crippen LogP contribution is 2.46. The Labute approximate surface area is 158 Å². The molecule has 0 amide bonds. The van der Waals surface area contributed by atoms with Crippen LogP contribution in [0, 0.1) is 0 Å². The number of benzene rings is 3. The second-order valence-corrected chi connectivity index (χ2v) is 7.52. The summed E-state index contributed by atoms with van der Waals surface area (Å²) in [6.45, 7) is 5.33. The van der Waals surface area contributed by atoms with E-state index in [0.29, 0.717) is 22.7 Å². The first-order valence-corrected chi connectivity index (χ1v) is 8.82. The van der Waals surface area contributed by atoms with Crippen LogP contribution in [0.4, 0.5) is 5.69 Å². The molecular formula is C22H23NO4. The van der Waals surface area contributed by atoms with Gasteiger partial charge in [0, 0.05) is 23.7 Å². The molecule has 5 nitrogen and oxygen atoms in total. The maximum absolute atomic E-state index is 10.4. The highest BCUT2D eigenvalue weighted by molar-refractivity contribution is 5.90. The number of rotatable bonds is 3. The molecule has 0 saturated carbocycles. The average Bonchev–Trinajstić information content (AvgIpc) is 2.94. The maximum Gasteiger partial charge on any atom is 0.275 e. The predicted molar refractivity (Wildman–Crippen MR) is 105 cm³/mol. The highest BCUT2D eigenvalue weighted by atomic mass is 16.7. The normalized spacial score (nSPS) is 18.7. The van der Waals surface area contributed by atoms with Crippen molar-refractivity contribution < 1.29 is 19.3 Å². The van der Waals surface area contributed by atoms with Crippen molar-refractivity contribution in [2.45, 2.75) is 32.2 Å². The summed E-state index contributed by atoms with van der Waals surface area (Å²) in [6, 6.07) is 15.2. The molecule has 5 heteroatoms. The number of fused-ring (bicyclic) bond motifs is 2. The fraction of sp³-hybridized carbons (Fsp3) is 0.273. The molecule has 3 aromatic rings. The molecule has 3 aromatic carbocycles. The van der Waals surface area contributed by atoms with Gasteiger partial charge < -0.3 is 25.1 Å². The number of nitrogens with two attached hydrogens (primary N) is 1. The Bertz CT molecular complexity index is 1020. The van der Waals surface area contributed by atoms with Crippen LogP contribution in [0.3, 0.4) is 0 Å². The largest absolute Gasteiger partial charge is 0.497 e. The van der Waals surface area contributed by atoms with Gasteiger partial charge in [-0.2, -0.15) is 0 Å². The molecule has 0 aromatic heterocycles. The first kappa shape index (κ1) is 17.5. The van der Waals surface area contributed by atoms with E-state index < -0.39 is 11.4 Å². The lowest BCUT2D eigenvalue weighted by Crippen LogP contribution is -2.31. The minimum absolute atomic E-state index is 0.548. The number of ether oxygens (including phenoxy) is 3. The van der Waals surface area contributed by atoms with Crippen molar-refractivity contribution >= 4 is 16.5 Å². The summed E-state index contributed by atoms with van der Waals surface area (Å²) in [4.78, 5) is 0. The van der Waals surface area contributed by atoms with E-state index in [1.165, 1.54) is 0 Å². The molecule has 3 N–H and O–H groups in total. The highest BCUT2D eigenvalue weighted by Gasteiger charge is 2.39. The molecule has 140 valence electrons. The van der Waals surface area contributed by atoms with Crippen LogP contribution in [0.1, 0.15) is 31.9 Å². The van der Waals surface area contributed by atoms with Crippen LogP contribution in [0.25, 0.3) is 10.8 Å². The summed E-state index contributed by atoms with van der Waals surface area (Å²) >= 11 is 0. The van der Waals surface area contributed by atoms with Crippen LogP contribution < -0.4 is 19.9 Å². The third-order valence-corrected chi connectivity index (χ3v) is 4.95. The molecule has 1 unspecified atom stereocenters. The number of anilines is 1. The van der Waals surface area contributed by atoms with Crippen LogP contribution in [0.5, 0.6) is 17.2 Å². The molecular weight excluding hydrogens is 342 g/mol. The first-order valence-electron chi connectivity index (χ1n) is 8.82. The Morgan fingerprint density at radius 2 is 1.52 bits per heavy atom. The van der Waals surface area contributed by atoms with E-state index in [1.807, 2.05) is 55.5 Å². The average molecular weight is 365 g/mol. The molecule has 0 bridgehead atoms. The van der Waals surface area contributed by atoms with Gasteiger partial charge in [0.05, 0.1) is 12.7 Å². The number of nitrogen functional groups attached to an aromatic ring is 1. The summed E-state index contributed by atoms with van der Waals surface area (Å²) in [6.07, 6.45) is 0. The molecule has 4 rings (SSSR count). The summed E-state index contributed by atoms with van der Waals surface area (Å²) in [5.41, 5.74) is 7.25. The van der Waals surface area contributed by atoms with Crippen molar-refractivity contribution in [1.82, 2.24) is 0 Å². The second kappa shape index (κ2) is 5.79. The summed E-state index contributed by atoms with van der Waals surface area (Å²) in [5, 5.41) is 12.2. The van der Waals surface area contributed by atoms with Gasteiger partial charge in [0.2, 0.25) is 0 Å². The van der Waals surface area contributed by atoms with Crippen LogP contribution in [0.15, 0.2) is 48.5 Å². The Balaban J connectivity index is 1.75. The van der Waals surface area contributed by atoms with Crippen molar-refractivity contribution in [2.24, 2.45) is 0 Å². The van der Waals surface area contributed by atoms with Gasteiger partial charge in [-0.3, -0.25) is 0 Å². The lowest BCUT2D eigenvalue weighted by atomic mass is 9.93. The third kappa shape index (κ3) is 2.94. The molecule has 0 aliphatic carbocycles.